The Morgan fingerprint density at radius 3 is 2.25 bits per heavy atom. The first-order valence-corrected chi connectivity index (χ1v) is 10.2. The summed E-state index contributed by atoms with van der Waals surface area (Å²) in [6.45, 7) is 3.15. The molecule has 2 aromatic carbocycles. The zero-order chi connectivity index (χ0) is 20.7. The predicted molar refractivity (Wildman–Crippen MR) is 105 cm³/mol. The van der Waals surface area contributed by atoms with Gasteiger partial charge in [-0.2, -0.15) is 4.31 Å². The quantitative estimate of drug-likeness (QED) is 0.609. The molecular formula is C20H25NO6S. The zero-order valence-corrected chi connectivity index (χ0v) is 17.0. The fraction of sp³-hybridized carbons (Fsp3) is 0.350. The highest BCUT2D eigenvalue weighted by atomic mass is 32.2. The van der Waals surface area contributed by atoms with Crippen molar-refractivity contribution >= 4 is 16.0 Å². The van der Waals surface area contributed by atoms with Crippen molar-refractivity contribution in [1.29, 1.82) is 0 Å². The van der Waals surface area contributed by atoms with Gasteiger partial charge in [0, 0.05) is 13.1 Å². The van der Waals surface area contributed by atoms with E-state index in [4.69, 9.17) is 14.6 Å². The Balaban J connectivity index is 2.35. The molecule has 0 aromatic heterocycles. The zero-order valence-electron chi connectivity index (χ0n) is 16.2. The van der Waals surface area contributed by atoms with Crippen LogP contribution in [0.25, 0.3) is 0 Å². The van der Waals surface area contributed by atoms with Gasteiger partial charge in [-0.15, -0.1) is 0 Å². The molecule has 1 N–H and O–H groups in total. The Bertz CT molecular complexity index is 889. The number of aryl methyl sites for hydroxylation is 2. The third-order valence-electron chi connectivity index (χ3n) is 4.18. The first-order chi connectivity index (χ1) is 13.3. The van der Waals surface area contributed by atoms with Crippen LogP contribution in [0.2, 0.25) is 0 Å². The molecule has 0 aliphatic heterocycles. The van der Waals surface area contributed by atoms with Crippen LogP contribution in [0.15, 0.2) is 47.4 Å². The maximum absolute atomic E-state index is 13.4. The smallest absolute Gasteiger partial charge is 0.329 e. The number of sulfonamides is 1. The van der Waals surface area contributed by atoms with Gasteiger partial charge < -0.3 is 14.6 Å². The standard InChI is InChI=1S/C20H25NO6S/c1-15-11-18(26-3)12-16(2)20(15)28(24,25)21(9-10-27-14-19(22)23)13-17-7-5-4-6-8-17/h4-8,11-12H,9-10,13-14H2,1-3H3,(H,22,23). The summed E-state index contributed by atoms with van der Waals surface area (Å²) in [5, 5.41) is 8.71. The maximum Gasteiger partial charge on any atom is 0.329 e. The van der Waals surface area contributed by atoms with E-state index in [1.807, 2.05) is 30.3 Å². The fourth-order valence-electron chi connectivity index (χ4n) is 2.96. The Morgan fingerprint density at radius 1 is 1.11 bits per heavy atom. The summed E-state index contributed by atoms with van der Waals surface area (Å²) in [4.78, 5) is 10.9. The molecule has 0 saturated carbocycles. The van der Waals surface area contributed by atoms with E-state index in [0.717, 1.165) is 5.56 Å². The van der Waals surface area contributed by atoms with E-state index >= 15 is 0 Å². The number of hydrogen-bond acceptors (Lipinski definition) is 5. The second-order valence-electron chi connectivity index (χ2n) is 6.36. The Morgan fingerprint density at radius 2 is 1.71 bits per heavy atom. The lowest BCUT2D eigenvalue weighted by molar-refractivity contribution is -0.142. The Kier molecular flexibility index (Phi) is 7.56. The predicted octanol–water partition coefficient (Wildman–Crippen LogP) is 2.60. The average molecular weight is 407 g/mol. The van der Waals surface area contributed by atoms with Crippen molar-refractivity contribution in [3.63, 3.8) is 0 Å². The van der Waals surface area contributed by atoms with E-state index < -0.39 is 22.6 Å². The average Bonchev–Trinajstić information content (AvgIpc) is 2.63. The van der Waals surface area contributed by atoms with Crippen LogP contribution in [0.5, 0.6) is 5.75 Å². The summed E-state index contributed by atoms with van der Waals surface area (Å²) in [5.74, 6) is -0.507. The lowest BCUT2D eigenvalue weighted by Crippen LogP contribution is -2.34. The molecule has 7 nitrogen and oxygen atoms in total. The Hall–Kier alpha value is -2.42. The SMILES string of the molecule is COc1cc(C)c(S(=O)(=O)N(CCOCC(=O)O)Cc2ccccc2)c(C)c1. The van der Waals surface area contributed by atoms with Gasteiger partial charge in [-0.1, -0.05) is 30.3 Å². The van der Waals surface area contributed by atoms with Crippen LogP contribution in [0.3, 0.4) is 0 Å². The van der Waals surface area contributed by atoms with Gasteiger partial charge in [0.05, 0.1) is 18.6 Å². The van der Waals surface area contributed by atoms with E-state index in [1.54, 1.807) is 26.0 Å². The monoisotopic (exact) mass is 407 g/mol. The second kappa shape index (κ2) is 9.68. The van der Waals surface area contributed by atoms with Crippen LogP contribution < -0.4 is 4.74 Å². The molecule has 0 atom stereocenters. The minimum absolute atomic E-state index is 0.0212. The minimum Gasteiger partial charge on any atom is -0.497 e. The normalized spacial score (nSPS) is 11.6. The first kappa shape index (κ1) is 21.9. The summed E-state index contributed by atoms with van der Waals surface area (Å²) < 4.78 is 38.4. The molecule has 0 spiro atoms. The van der Waals surface area contributed by atoms with E-state index in [9.17, 15) is 13.2 Å². The number of hydrogen-bond donors (Lipinski definition) is 1. The van der Waals surface area contributed by atoms with Crippen LogP contribution in [-0.2, 0) is 26.1 Å². The number of carboxylic acid groups (broad SMARTS) is 1. The highest BCUT2D eigenvalue weighted by Gasteiger charge is 2.28. The number of nitrogens with zero attached hydrogens (tertiary/aromatic N) is 1. The molecule has 28 heavy (non-hydrogen) atoms. The van der Waals surface area contributed by atoms with Gasteiger partial charge in [0.2, 0.25) is 10.0 Å². The van der Waals surface area contributed by atoms with Gasteiger partial charge in [-0.25, -0.2) is 13.2 Å². The first-order valence-electron chi connectivity index (χ1n) is 8.74. The molecule has 0 bridgehead atoms. The number of aliphatic carboxylic acids is 1. The van der Waals surface area contributed by atoms with Gasteiger partial charge in [-0.05, 0) is 42.7 Å². The summed E-state index contributed by atoms with van der Waals surface area (Å²) in [6.07, 6.45) is 0. The number of ether oxygens (including phenoxy) is 2. The maximum atomic E-state index is 13.4. The van der Waals surface area contributed by atoms with Gasteiger partial charge in [0.1, 0.15) is 12.4 Å². The topological polar surface area (TPSA) is 93.1 Å². The molecule has 0 radical (unpaired) electrons. The van der Waals surface area contributed by atoms with Crippen molar-refractivity contribution in [2.75, 3.05) is 26.9 Å². The largest absolute Gasteiger partial charge is 0.497 e. The van der Waals surface area contributed by atoms with Crippen molar-refractivity contribution in [2.45, 2.75) is 25.3 Å². The molecule has 2 aromatic rings. The lowest BCUT2D eigenvalue weighted by atomic mass is 10.1. The van der Waals surface area contributed by atoms with Crippen LogP contribution in [0.1, 0.15) is 16.7 Å². The molecule has 0 amide bonds. The van der Waals surface area contributed by atoms with Crippen LogP contribution in [0.4, 0.5) is 0 Å². The third kappa shape index (κ3) is 5.54. The van der Waals surface area contributed by atoms with E-state index in [0.29, 0.717) is 16.9 Å². The second-order valence-corrected chi connectivity index (χ2v) is 8.24. The summed E-state index contributed by atoms with van der Waals surface area (Å²) in [5.41, 5.74) is 2.00. The van der Waals surface area contributed by atoms with Gasteiger partial charge in [-0.3, -0.25) is 0 Å². The van der Waals surface area contributed by atoms with Crippen LogP contribution in [-0.4, -0.2) is 50.7 Å². The van der Waals surface area contributed by atoms with E-state index in [2.05, 4.69) is 0 Å². The number of methoxy groups -OCH3 is 1. The van der Waals surface area contributed by atoms with Gasteiger partial charge in [0.15, 0.2) is 0 Å². The van der Waals surface area contributed by atoms with Crippen molar-refractivity contribution in [3.8, 4) is 5.75 Å². The van der Waals surface area contributed by atoms with Crippen molar-refractivity contribution in [3.05, 3.63) is 59.2 Å². The van der Waals surface area contributed by atoms with Crippen LogP contribution in [0, 0.1) is 13.8 Å². The van der Waals surface area contributed by atoms with E-state index in [1.165, 1.54) is 11.4 Å². The van der Waals surface area contributed by atoms with Crippen molar-refractivity contribution in [2.24, 2.45) is 0 Å². The molecule has 0 saturated heterocycles. The number of rotatable bonds is 10. The van der Waals surface area contributed by atoms with Crippen molar-refractivity contribution in [1.82, 2.24) is 4.31 Å². The highest BCUT2D eigenvalue weighted by Crippen LogP contribution is 2.29. The summed E-state index contributed by atoms with van der Waals surface area (Å²) >= 11 is 0. The molecule has 0 aliphatic carbocycles. The van der Waals surface area contributed by atoms with Crippen molar-refractivity contribution < 1.29 is 27.8 Å². The summed E-state index contributed by atoms with van der Waals surface area (Å²) in [7, 11) is -2.30. The number of benzene rings is 2. The molecule has 0 heterocycles. The Labute approximate surface area is 165 Å². The minimum atomic E-state index is -3.84. The molecule has 2 rings (SSSR count). The van der Waals surface area contributed by atoms with Gasteiger partial charge in [0.25, 0.3) is 0 Å². The van der Waals surface area contributed by atoms with Gasteiger partial charge >= 0.3 is 5.97 Å². The molecule has 8 heteroatoms. The third-order valence-corrected chi connectivity index (χ3v) is 6.33. The number of carbonyl (C=O) groups is 1. The molecule has 0 aliphatic rings. The van der Waals surface area contributed by atoms with E-state index in [-0.39, 0.29) is 24.6 Å². The highest BCUT2D eigenvalue weighted by molar-refractivity contribution is 7.89. The molecular weight excluding hydrogens is 382 g/mol. The fourth-order valence-corrected chi connectivity index (χ4v) is 4.79. The van der Waals surface area contributed by atoms with Crippen LogP contribution >= 0.6 is 0 Å². The molecule has 0 unspecified atom stereocenters. The molecule has 0 fully saturated rings. The number of carboxylic acids is 1. The summed E-state index contributed by atoms with van der Waals surface area (Å²) in [6, 6.07) is 12.6. The lowest BCUT2D eigenvalue weighted by Gasteiger charge is -2.24. The molecule has 152 valence electrons.